The van der Waals surface area contributed by atoms with Crippen LogP contribution in [-0.2, 0) is 6.54 Å². The molecule has 2 heterocycles. The molecule has 0 bridgehead atoms. The van der Waals surface area contributed by atoms with Crippen LogP contribution in [0, 0.1) is 0 Å². The lowest BCUT2D eigenvalue weighted by Crippen LogP contribution is -1.99. The number of para-hydroxylation sites is 2. The van der Waals surface area contributed by atoms with Crippen LogP contribution in [0.4, 0.5) is 0 Å². The minimum Gasteiger partial charge on any atom is -0.339 e. The van der Waals surface area contributed by atoms with E-state index < -0.39 is 0 Å². The van der Waals surface area contributed by atoms with Crippen molar-refractivity contribution in [2.75, 3.05) is 5.88 Å². The molecule has 148 valence electrons. The van der Waals surface area contributed by atoms with E-state index >= 15 is 0 Å². The molecule has 3 aromatic carbocycles. The first-order valence-corrected chi connectivity index (χ1v) is 10.8. The van der Waals surface area contributed by atoms with Crippen molar-refractivity contribution >= 4 is 60.9 Å². The van der Waals surface area contributed by atoms with E-state index in [2.05, 4.69) is 94.6 Å². The average molecular weight is 411 g/mol. The number of nitrogens with zero attached hydrogens (tertiary/aromatic N) is 2. The zero-order valence-corrected chi connectivity index (χ0v) is 17.7. The van der Waals surface area contributed by atoms with Gasteiger partial charge >= 0.3 is 0 Å². The van der Waals surface area contributed by atoms with Gasteiger partial charge in [0.1, 0.15) is 0 Å². The third-order valence-electron chi connectivity index (χ3n) is 5.76. The molecule has 0 spiro atoms. The lowest BCUT2D eigenvalue weighted by molar-refractivity contribution is 0.836. The number of fused-ring (bicyclic) bond motifs is 7. The van der Waals surface area contributed by atoms with Gasteiger partial charge in [-0.3, -0.25) is 0 Å². The highest BCUT2D eigenvalue weighted by Crippen LogP contribution is 2.40. The van der Waals surface area contributed by atoms with E-state index in [1.165, 1.54) is 43.6 Å². The van der Waals surface area contributed by atoms with Crippen LogP contribution >= 0.6 is 11.6 Å². The smallest absolute Gasteiger partial charge is 0.0593 e. The second-order valence-electron chi connectivity index (χ2n) is 7.39. The van der Waals surface area contributed by atoms with Crippen molar-refractivity contribution in [3.05, 3.63) is 91.5 Å². The van der Waals surface area contributed by atoms with E-state index in [1.54, 1.807) is 0 Å². The summed E-state index contributed by atoms with van der Waals surface area (Å²) in [5.41, 5.74) is 5.95. The molecule has 2 aromatic heterocycles. The van der Waals surface area contributed by atoms with Crippen LogP contribution in [0.5, 0.6) is 0 Å². The topological polar surface area (TPSA) is 9.86 Å². The van der Waals surface area contributed by atoms with Crippen LogP contribution in [0.15, 0.2) is 91.5 Å². The van der Waals surface area contributed by atoms with Gasteiger partial charge in [-0.1, -0.05) is 61.2 Å². The van der Waals surface area contributed by atoms with E-state index in [0.717, 1.165) is 12.2 Å². The highest BCUT2D eigenvalue weighted by atomic mass is 35.5. The summed E-state index contributed by atoms with van der Waals surface area (Å²) >= 11 is 6.25. The molecule has 0 aliphatic rings. The van der Waals surface area contributed by atoms with Crippen molar-refractivity contribution in [2.24, 2.45) is 0 Å². The normalized spacial score (nSPS) is 12.8. The Bertz CT molecular complexity index is 1480. The Labute approximate surface area is 181 Å². The standard InChI is InChI=1S/C27H23ClN2/c1-3-9-19(10-4-2)30-24-14-8-6-12-22(24)26-25(30)16-15-21-20-11-5-7-13-23(20)29(18-17-28)27(21)26/h3-16H,1,17-18H2,2H3/b10-4-,19-9+. The van der Waals surface area contributed by atoms with Crippen LogP contribution in [0.25, 0.3) is 49.3 Å². The summed E-state index contributed by atoms with van der Waals surface area (Å²) in [6.07, 6.45) is 8.11. The number of benzene rings is 3. The van der Waals surface area contributed by atoms with Crippen molar-refractivity contribution in [2.45, 2.75) is 13.5 Å². The first-order chi connectivity index (χ1) is 14.8. The molecule has 0 saturated heterocycles. The second-order valence-corrected chi connectivity index (χ2v) is 7.77. The van der Waals surface area contributed by atoms with E-state index in [4.69, 9.17) is 11.6 Å². The molecule has 30 heavy (non-hydrogen) atoms. The minimum absolute atomic E-state index is 0.572. The highest BCUT2D eigenvalue weighted by molar-refractivity contribution is 6.26. The van der Waals surface area contributed by atoms with Gasteiger partial charge in [0.2, 0.25) is 0 Å². The summed E-state index contributed by atoms with van der Waals surface area (Å²) in [5.74, 6) is 0.572. The molecule has 0 amide bonds. The fraction of sp³-hybridized carbons (Fsp3) is 0.111. The van der Waals surface area contributed by atoms with Gasteiger partial charge in [-0.2, -0.15) is 0 Å². The molecule has 5 rings (SSSR count). The summed E-state index contributed by atoms with van der Waals surface area (Å²) < 4.78 is 4.71. The Morgan fingerprint density at radius 1 is 0.900 bits per heavy atom. The molecule has 0 radical (unpaired) electrons. The zero-order valence-electron chi connectivity index (χ0n) is 17.0. The van der Waals surface area contributed by atoms with Crippen LogP contribution in [0.2, 0.25) is 0 Å². The Kier molecular flexibility index (Phi) is 4.72. The van der Waals surface area contributed by atoms with Crippen LogP contribution in [-0.4, -0.2) is 15.0 Å². The molecular formula is C27H23ClN2. The molecule has 0 aliphatic carbocycles. The lowest BCUT2D eigenvalue weighted by Gasteiger charge is -2.09. The van der Waals surface area contributed by atoms with Gasteiger partial charge in [-0.15, -0.1) is 11.6 Å². The maximum Gasteiger partial charge on any atom is 0.0593 e. The van der Waals surface area contributed by atoms with Crippen LogP contribution < -0.4 is 0 Å². The largest absolute Gasteiger partial charge is 0.339 e. The number of halogens is 1. The maximum atomic E-state index is 6.25. The third-order valence-corrected chi connectivity index (χ3v) is 5.93. The molecule has 0 fully saturated rings. The first kappa shape index (κ1) is 18.8. The quantitative estimate of drug-likeness (QED) is 0.207. The van der Waals surface area contributed by atoms with Gasteiger partial charge in [0.25, 0.3) is 0 Å². The fourth-order valence-corrected chi connectivity index (χ4v) is 4.86. The fourth-order valence-electron chi connectivity index (χ4n) is 4.69. The zero-order chi connectivity index (χ0) is 20.7. The summed E-state index contributed by atoms with van der Waals surface area (Å²) in [5, 5.41) is 5.05. The molecule has 3 heteroatoms. The van der Waals surface area contributed by atoms with E-state index in [-0.39, 0.29) is 0 Å². The van der Waals surface area contributed by atoms with Crippen molar-refractivity contribution in [1.29, 1.82) is 0 Å². The van der Waals surface area contributed by atoms with E-state index in [0.29, 0.717) is 5.88 Å². The number of aryl methyl sites for hydroxylation is 1. The van der Waals surface area contributed by atoms with Crippen molar-refractivity contribution in [3.8, 4) is 0 Å². The lowest BCUT2D eigenvalue weighted by atomic mass is 10.1. The third kappa shape index (κ3) is 2.64. The molecule has 0 saturated carbocycles. The summed E-state index contributed by atoms with van der Waals surface area (Å²) in [6, 6.07) is 21.7. The van der Waals surface area contributed by atoms with Crippen molar-refractivity contribution < 1.29 is 0 Å². The minimum atomic E-state index is 0.572. The summed E-state index contributed by atoms with van der Waals surface area (Å²) in [4.78, 5) is 0. The molecular weight excluding hydrogens is 388 g/mol. The molecule has 0 unspecified atom stereocenters. The number of aromatic nitrogens is 2. The highest BCUT2D eigenvalue weighted by Gasteiger charge is 2.19. The number of alkyl halides is 1. The SMILES string of the molecule is C=C/C=C(\C=C/C)n1c2ccccc2c2c3c(ccc21)c1ccccc1n3CCCl. The first-order valence-electron chi connectivity index (χ1n) is 10.2. The van der Waals surface area contributed by atoms with Crippen LogP contribution in [0.3, 0.4) is 0 Å². The van der Waals surface area contributed by atoms with Gasteiger partial charge in [-0.05, 0) is 37.3 Å². The van der Waals surface area contributed by atoms with E-state index in [9.17, 15) is 0 Å². The Hall–Kier alpha value is -3.23. The van der Waals surface area contributed by atoms with Gasteiger partial charge in [0.05, 0.1) is 16.6 Å². The van der Waals surface area contributed by atoms with Crippen molar-refractivity contribution in [3.63, 3.8) is 0 Å². The van der Waals surface area contributed by atoms with Gasteiger partial charge in [-0.25, -0.2) is 0 Å². The molecule has 0 N–H and O–H groups in total. The van der Waals surface area contributed by atoms with Crippen molar-refractivity contribution in [1.82, 2.24) is 9.13 Å². The van der Waals surface area contributed by atoms with Gasteiger partial charge in [0.15, 0.2) is 0 Å². The predicted octanol–water partition coefficient (Wildman–Crippen LogP) is 7.74. The maximum absolute atomic E-state index is 6.25. The average Bonchev–Trinajstić information content (AvgIpc) is 3.27. The number of hydrogen-bond acceptors (Lipinski definition) is 0. The number of hydrogen-bond donors (Lipinski definition) is 0. The summed E-state index contributed by atoms with van der Waals surface area (Å²) in [6.45, 7) is 6.74. The van der Waals surface area contributed by atoms with Crippen LogP contribution in [0.1, 0.15) is 6.92 Å². The Morgan fingerprint density at radius 3 is 2.37 bits per heavy atom. The monoisotopic (exact) mass is 410 g/mol. The number of allylic oxidation sites excluding steroid dienone is 5. The molecule has 5 aromatic rings. The predicted molar refractivity (Wildman–Crippen MR) is 132 cm³/mol. The Morgan fingerprint density at radius 2 is 1.63 bits per heavy atom. The van der Waals surface area contributed by atoms with Gasteiger partial charge < -0.3 is 9.13 Å². The van der Waals surface area contributed by atoms with E-state index in [1.807, 2.05) is 13.0 Å². The second kappa shape index (κ2) is 7.55. The van der Waals surface area contributed by atoms with Gasteiger partial charge in [0, 0.05) is 45.2 Å². The summed E-state index contributed by atoms with van der Waals surface area (Å²) in [7, 11) is 0. The molecule has 0 aliphatic heterocycles. The molecule has 0 atom stereocenters. The number of rotatable bonds is 5. The Balaban J connectivity index is 2.06. The molecule has 2 nitrogen and oxygen atoms in total.